The van der Waals surface area contributed by atoms with Crippen LogP contribution in [0, 0.1) is 0 Å². The van der Waals surface area contributed by atoms with E-state index in [-0.39, 0.29) is 17.5 Å². The number of aromatic nitrogens is 1. The van der Waals surface area contributed by atoms with Gasteiger partial charge in [0.2, 0.25) is 0 Å². The molecule has 0 atom stereocenters. The fourth-order valence-electron chi connectivity index (χ4n) is 2.00. The molecule has 0 saturated carbocycles. The maximum absolute atomic E-state index is 12.4. The SMILES string of the molecule is COCCNC(=O)c1cc(C(=O)Nc2ccccc2OC)ccn1. The third-order valence-corrected chi connectivity index (χ3v) is 3.20. The van der Waals surface area contributed by atoms with E-state index in [2.05, 4.69) is 15.6 Å². The summed E-state index contributed by atoms with van der Waals surface area (Å²) >= 11 is 0. The van der Waals surface area contributed by atoms with Crippen LogP contribution in [-0.4, -0.2) is 44.2 Å². The number of carbonyl (C=O) groups is 2. The number of methoxy groups -OCH3 is 2. The van der Waals surface area contributed by atoms with Crippen LogP contribution in [0.2, 0.25) is 0 Å². The predicted octanol–water partition coefficient (Wildman–Crippen LogP) is 1.72. The summed E-state index contributed by atoms with van der Waals surface area (Å²) in [6, 6.07) is 10.1. The monoisotopic (exact) mass is 329 g/mol. The van der Waals surface area contributed by atoms with E-state index >= 15 is 0 Å². The number of anilines is 1. The zero-order chi connectivity index (χ0) is 17.4. The number of para-hydroxylation sites is 2. The third-order valence-electron chi connectivity index (χ3n) is 3.20. The van der Waals surface area contributed by atoms with Gasteiger partial charge in [-0.05, 0) is 24.3 Å². The van der Waals surface area contributed by atoms with Crippen molar-refractivity contribution in [1.82, 2.24) is 10.3 Å². The smallest absolute Gasteiger partial charge is 0.269 e. The molecule has 0 fully saturated rings. The molecule has 0 aliphatic rings. The molecule has 0 bridgehead atoms. The standard InChI is InChI=1S/C17H19N3O4/c1-23-10-9-19-17(22)14-11-12(7-8-18-14)16(21)20-13-5-3-4-6-15(13)24-2/h3-8,11H,9-10H2,1-2H3,(H,19,22)(H,20,21). The van der Waals surface area contributed by atoms with Crippen LogP contribution in [-0.2, 0) is 4.74 Å². The molecular weight excluding hydrogens is 310 g/mol. The van der Waals surface area contributed by atoms with Crippen molar-refractivity contribution in [1.29, 1.82) is 0 Å². The number of rotatable bonds is 7. The van der Waals surface area contributed by atoms with E-state index in [1.54, 1.807) is 25.3 Å². The van der Waals surface area contributed by atoms with Crippen LogP contribution < -0.4 is 15.4 Å². The second kappa shape index (κ2) is 8.64. The lowest BCUT2D eigenvalue weighted by Gasteiger charge is -2.10. The van der Waals surface area contributed by atoms with E-state index in [0.717, 1.165) is 0 Å². The first-order valence-corrected chi connectivity index (χ1v) is 7.33. The molecule has 126 valence electrons. The van der Waals surface area contributed by atoms with Gasteiger partial charge < -0.3 is 20.1 Å². The molecule has 1 aromatic heterocycles. The van der Waals surface area contributed by atoms with E-state index in [1.807, 2.05) is 6.07 Å². The number of ether oxygens (including phenoxy) is 2. The van der Waals surface area contributed by atoms with Crippen molar-refractivity contribution < 1.29 is 19.1 Å². The molecule has 1 heterocycles. The Kier molecular flexibility index (Phi) is 6.27. The molecule has 2 N–H and O–H groups in total. The average molecular weight is 329 g/mol. The maximum Gasteiger partial charge on any atom is 0.269 e. The predicted molar refractivity (Wildman–Crippen MR) is 89.4 cm³/mol. The first-order chi connectivity index (χ1) is 11.7. The van der Waals surface area contributed by atoms with Crippen LogP contribution in [0.1, 0.15) is 20.8 Å². The number of hydrogen-bond acceptors (Lipinski definition) is 5. The summed E-state index contributed by atoms with van der Waals surface area (Å²) in [6.07, 6.45) is 1.42. The largest absolute Gasteiger partial charge is 0.495 e. The van der Waals surface area contributed by atoms with Crippen molar-refractivity contribution in [3.63, 3.8) is 0 Å². The second-order valence-electron chi connectivity index (χ2n) is 4.83. The van der Waals surface area contributed by atoms with Crippen molar-refractivity contribution in [3.8, 4) is 5.75 Å². The Morgan fingerprint density at radius 1 is 1.12 bits per heavy atom. The lowest BCUT2D eigenvalue weighted by atomic mass is 10.2. The summed E-state index contributed by atoms with van der Waals surface area (Å²) in [5, 5.41) is 5.41. The Bertz CT molecular complexity index is 718. The first kappa shape index (κ1) is 17.4. The first-order valence-electron chi connectivity index (χ1n) is 7.33. The van der Waals surface area contributed by atoms with Gasteiger partial charge in [0.15, 0.2) is 0 Å². The molecule has 24 heavy (non-hydrogen) atoms. The van der Waals surface area contributed by atoms with Gasteiger partial charge in [-0.3, -0.25) is 14.6 Å². The molecule has 0 aliphatic heterocycles. The van der Waals surface area contributed by atoms with Crippen LogP contribution in [0.15, 0.2) is 42.6 Å². The molecule has 7 heteroatoms. The van der Waals surface area contributed by atoms with Crippen LogP contribution in [0.3, 0.4) is 0 Å². The van der Waals surface area contributed by atoms with E-state index < -0.39 is 0 Å². The third kappa shape index (κ3) is 4.53. The van der Waals surface area contributed by atoms with Gasteiger partial charge in [-0.15, -0.1) is 0 Å². The fourth-order valence-corrected chi connectivity index (χ4v) is 2.00. The minimum Gasteiger partial charge on any atom is -0.495 e. The minimum atomic E-state index is -0.362. The van der Waals surface area contributed by atoms with Crippen LogP contribution >= 0.6 is 0 Å². The lowest BCUT2D eigenvalue weighted by molar-refractivity contribution is 0.0932. The average Bonchev–Trinajstić information content (AvgIpc) is 2.62. The van der Waals surface area contributed by atoms with Crippen molar-refractivity contribution in [2.24, 2.45) is 0 Å². The van der Waals surface area contributed by atoms with E-state index in [0.29, 0.717) is 30.2 Å². The van der Waals surface area contributed by atoms with Crippen LogP contribution in [0.25, 0.3) is 0 Å². The van der Waals surface area contributed by atoms with Crippen LogP contribution in [0.5, 0.6) is 5.75 Å². The number of amides is 2. The molecule has 7 nitrogen and oxygen atoms in total. The van der Waals surface area contributed by atoms with Crippen molar-refractivity contribution in [2.75, 3.05) is 32.7 Å². The molecule has 2 aromatic rings. The van der Waals surface area contributed by atoms with Gasteiger partial charge in [-0.1, -0.05) is 12.1 Å². The number of nitrogens with one attached hydrogen (secondary N) is 2. The number of pyridine rings is 1. The summed E-state index contributed by atoms with van der Waals surface area (Å²) in [6.45, 7) is 0.772. The Morgan fingerprint density at radius 3 is 2.67 bits per heavy atom. The lowest BCUT2D eigenvalue weighted by Crippen LogP contribution is -2.28. The van der Waals surface area contributed by atoms with Gasteiger partial charge in [-0.2, -0.15) is 0 Å². The molecule has 0 radical (unpaired) electrons. The topological polar surface area (TPSA) is 89.5 Å². The van der Waals surface area contributed by atoms with Gasteiger partial charge in [0.05, 0.1) is 19.4 Å². The van der Waals surface area contributed by atoms with Crippen molar-refractivity contribution in [3.05, 3.63) is 53.9 Å². The second-order valence-corrected chi connectivity index (χ2v) is 4.83. The van der Waals surface area contributed by atoms with Gasteiger partial charge in [0.25, 0.3) is 11.8 Å². The molecule has 0 saturated heterocycles. The number of hydrogen-bond donors (Lipinski definition) is 2. The maximum atomic E-state index is 12.4. The Hall–Kier alpha value is -2.93. The van der Waals surface area contributed by atoms with Gasteiger partial charge in [0, 0.05) is 25.4 Å². The quantitative estimate of drug-likeness (QED) is 0.755. The minimum absolute atomic E-state index is 0.166. The molecule has 0 unspecified atom stereocenters. The highest BCUT2D eigenvalue weighted by Crippen LogP contribution is 2.23. The highest BCUT2D eigenvalue weighted by Gasteiger charge is 2.13. The highest BCUT2D eigenvalue weighted by atomic mass is 16.5. The Balaban J connectivity index is 2.10. The number of nitrogens with zero attached hydrogens (tertiary/aromatic N) is 1. The normalized spacial score (nSPS) is 10.1. The molecule has 0 spiro atoms. The molecule has 0 aliphatic carbocycles. The van der Waals surface area contributed by atoms with Gasteiger partial charge in [0.1, 0.15) is 11.4 Å². The van der Waals surface area contributed by atoms with Crippen molar-refractivity contribution in [2.45, 2.75) is 0 Å². The number of carbonyl (C=O) groups excluding carboxylic acids is 2. The summed E-state index contributed by atoms with van der Waals surface area (Å²) in [5.74, 6) is -0.163. The molecule has 2 rings (SSSR count). The number of benzene rings is 1. The summed E-state index contributed by atoms with van der Waals surface area (Å²) < 4.78 is 10.1. The fraction of sp³-hybridized carbons (Fsp3) is 0.235. The van der Waals surface area contributed by atoms with Gasteiger partial charge in [-0.25, -0.2) is 0 Å². The van der Waals surface area contributed by atoms with Crippen LogP contribution in [0.4, 0.5) is 5.69 Å². The summed E-state index contributed by atoms with van der Waals surface area (Å²) in [7, 11) is 3.08. The van der Waals surface area contributed by atoms with E-state index in [9.17, 15) is 9.59 Å². The molecule has 2 amide bonds. The van der Waals surface area contributed by atoms with E-state index in [1.165, 1.54) is 25.4 Å². The van der Waals surface area contributed by atoms with E-state index in [4.69, 9.17) is 9.47 Å². The highest BCUT2D eigenvalue weighted by molar-refractivity contribution is 6.06. The Morgan fingerprint density at radius 2 is 1.92 bits per heavy atom. The zero-order valence-electron chi connectivity index (χ0n) is 13.5. The summed E-state index contributed by atoms with van der Waals surface area (Å²) in [5.41, 5.74) is 1.04. The summed E-state index contributed by atoms with van der Waals surface area (Å²) in [4.78, 5) is 28.3. The molecule has 1 aromatic carbocycles. The van der Waals surface area contributed by atoms with Crippen molar-refractivity contribution >= 4 is 17.5 Å². The van der Waals surface area contributed by atoms with Gasteiger partial charge >= 0.3 is 0 Å². The molecular formula is C17H19N3O4. The zero-order valence-corrected chi connectivity index (χ0v) is 13.5. The Labute approximate surface area is 140 Å².